The summed E-state index contributed by atoms with van der Waals surface area (Å²) in [7, 11) is 0. The normalized spacial score (nSPS) is 10.8. The molecule has 0 aliphatic rings. The van der Waals surface area contributed by atoms with Crippen molar-refractivity contribution in [2.45, 2.75) is 0 Å². The number of fused-ring (bicyclic) bond motifs is 1. The van der Waals surface area contributed by atoms with Gasteiger partial charge in [-0.25, -0.2) is 0 Å². The lowest BCUT2D eigenvalue weighted by molar-refractivity contribution is 0.102. The van der Waals surface area contributed by atoms with Crippen molar-refractivity contribution in [3.63, 3.8) is 0 Å². The summed E-state index contributed by atoms with van der Waals surface area (Å²) in [6.07, 6.45) is 0. The van der Waals surface area contributed by atoms with Crippen LogP contribution in [0, 0.1) is 0 Å². The van der Waals surface area contributed by atoms with Crippen molar-refractivity contribution < 1.29 is 9.90 Å². The number of carbonyl (C=O) groups is 1. The maximum atomic E-state index is 12.4. The molecule has 3 N–H and O–H groups in total. The molecule has 128 valence electrons. The predicted octanol–water partition coefficient (Wildman–Crippen LogP) is 4.84. The summed E-state index contributed by atoms with van der Waals surface area (Å²) < 4.78 is 0. The van der Waals surface area contributed by atoms with Crippen LogP contribution in [0.4, 0.5) is 5.82 Å². The average Bonchev–Trinajstić information content (AvgIpc) is 3.05. The number of aromatic hydroxyl groups is 1. The average molecular weight is 364 g/mol. The summed E-state index contributed by atoms with van der Waals surface area (Å²) in [4.78, 5) is 12.4. The molecule has 0 radical (unpaired) electrons. The monoisotopic (exact) mass is 363 g/mol. The van der Waals surface area contributed by atoms with E-state index in [0.717, 1.165) is 22.0 Å². The molecule has 1 aromatic heterocycles. The van der Waals surface area contributed by atoms with E-state index in [-0.39, 0.29) is 11.7 Å². The molecule has 0 atom stereocenters. The zero-order valence-corrected chi connectivity index (χ0v) is 14.3. The van der Waals surface area contributed by atoms with Gasteiger partial charge in [0.25, 0.3) is 5.91 Å². The Balaban J connectivity index is 1.62. The lowest BCUT2D eigenvalue weighted by Gasteiger charge is -2.04. The van der Waals surface area contributed by atoms with Gasteiger partial charge in [-0.15, -0.1) is 0 Å². The second-order valence-corrected chi connectivity index (χ2v) is 6.28. The number of phenolic OH excluding ortho intramolecular Hbond substituents is 1. The fraction of sp³-hybridized carbons (Fsp3) is 0. The number of amides is 1. The van der Waals surface area contributed by atoms with E-state index >= 15 is 0 Å². The van der Waals surface area contributed by atoms with Crippen LogP contribution in [0.15, 0.2) is 66.7 Å². The SMILES string of the molecule is O=C(Nc1n[nH]c2cc(-c3ccc(O)cc3)ccc12)c1ccc(Cl)cc1. The standard InChI is InChI=1S/C20H14ClN3O2/c21-15-6-1-13(2-7-15)20(26)22-19-17-10-5-14(11-18(17)23-24-19)12-3-8-16(25)9-4-12/h1-11,25H,(H2,22,23,24,26). The van der Waals surface area contributed by atoms with Gasteiger partial charge in [-0.1, -0.05) is 29.8 Å². The smallest absolute Gasteiger partial charge is 0.256 e. The third kappa shape index (κ3) is 3.12. The van der Waals surface area contributed by atoms with Crippen LogP contribution in [0.5, 0.6) is 5.75 Å². The summed E-state index contributed by atoms with van der Waals surface area (Å²) in [5, 5.41) is 20.8. The first-order valence-electron chi connectivity index (χ1n) is 7.94. The summed E-state index contributed by atoms with van der Waals surface area (Å²) in [6, 6.07) is 19.4. The van der Waals surface area contributed by atoms with E-state index in [1.807, 2.05) is 30.3 Å². The largest absolute Gasteiger partial charge is 0.508 e. The third-order valence-electron chi connectivity index (χ3n) is 4.10. The summed E-state index contributed by atoms with van der Waals surface area (Å²) in [5.41, 5.74) is 3.27. The van der Waals surface area contributed by atoms with E-state index in [1.165, 1.54) is 0 Å². The number of H-pyrrole nitrogens is 1. The van der Waals surface area contributed by atoms with Gasteiger partial charge in [0.15, 0.2) is 5.82 Å². The van der Waals surface area contributed by atoms with Gasteiger partial charge >= 0.3 is 0 Å². The molecule has 0 fully saturated rings. The molecule has 4 aromatic rings. The maximum Gasteiger partial charge on any atom is 0.256 e. The number of nitrogens with one attached hydrogen (secondary N) is 2. The van der Waals surface area contributed by atoms with E-state index in [2.05, 4.69) is 15.5 Å². The topological polar surface area (TPSA) is 78.0 Å². The molecule has 0 saturated carbocycles. The molecule has 3 aromatic carbocycles. The number of anilines is 1. The minimum absolute atomic E-state index is 0.226. The highest BCUT2D eigenvalue weighted by Gasteiger charge is 2.12. The summed E-state index contributed by atoms with van der Waals surface area (Å²) in [5.74, 6) is 0.443. The molecule has 0 unspecified atom stereocenters. The quantitative estimate of drug-likeness (QED) is 0.487. The fourth-order valence-electron chi connectivity index (χ4n) is 2.73. The molecule has 0 aliphatic carbocycles. The number of aromatic amines is 1. The Hall–Kier alpha value is -3.31. The number of aromatic nitrogens is 2. The van der Waals surface area contributed by atoms with Gasteiger partial charge in [0.1, 0.15) is 5.75 Å². The lowest BCUT2D eigenvalue weighted by Crippen LogP contribution is -2.12. The van der Waals surface area contributed by atoms with Gasteiger partial charge < -0.3 is 10.4 Å². The first kappa shape index (κ1) is 16.2. The lowest BCUT2D eigenvalue weighted by atomic mass is 10.0. The van der Waals surface area contributed by atoms with E-state index in [1.54, 1.807) is 36.4 Å². The Labute approximate surface area is 154 Å². The van der Waals surface area contributed by atoms with E-state index in [4.69, 9.17) is 11.6 Å². The van der Waals surface area contributed by atoms with Gasteiger partial charge in [-0.05, 0) is 59.7 Å². The maximum absolute atomic E-state index is 12.4. The first-order chi connectivity index (χ1) is 12.6. The molecular formula is C20H14ClN3O2. The van der Waals surface area contributed by atoms with Crippen molar-refractivity contribution in [1.82, 2.24) is 10.2 Å². The number of hydrogen-bond donors (Lipinski definition) is 3. The molecule has 4 rings (SSSR count). The van der Waals surface area contributed by atoms with Crippen molar-refractivity contribution >= 4 is 34.2 Å². The van der Waals surface area contributed by atoms with Crippen LogP contribution in [0.25, 0.3) is 22.0 Å². The van der Waals surface area contributed by atoms with Crippen LogP contribution < -0.4 is 5.32 Å². The van der Waals surface area contributed by atoms with E-state index < -0.39 is 0 Å². The highest BCUT2D eigenvalue weighted by molar-refractivity contribution is 6.30. The number of nitrogens with zero attached hydrogens (tertiary/aromatic N) is 1. The minimum Gasteiger partial charge on any atom is -0.508 e. The number of rotatable bonds is 3. The number of hydrogen-bond acceptors (Lipinski definition) is 3. The third-order valence-corrected chi connectivity index (χ3v) is 4.35. The zero-order valence-electron chi connectivity index (χ0n) is 13.5. The molecule has 0 aliphatic heterocycles. The highest BCUT2D eigenvalue weighted by atomic mass is 35.5. The van der Waals surface area contributed by atoms with Crippen LogP contribution in [-0.4, -0.2) is 21.2 Å². The molecule has 0 spiro atoms. The molecule has 1 heterocycles. The summed E-state index contributed by atoms with van der Waals surface area (Å²) in [6.45, 7) is 0. The van der Waals surface area contributed by atoms with Crippen LogP contribution >= 0.6 is 11.6 Å². The Morgan fingerprint density at radius 1 is 0.962 bits per heavy atom. The van der Waals surface area contributed by atoms with Gasteiger partial charge in [-0.3, -0.25) is 9.89 Å². The number of halogens is 1. The second-order valence-electron chi connectivity index (χ2n) is 5.84. The van der Waals surface area contributed by atoms with Gasteiger partial charge in [0, 0.05) is 16.0 Å². The fourth-order valence-corrected chi connectivity index (χ4v) is 2.86. The molecule has 6 heteroatoms. The molecular weight excluding hydrogens is 350 g/mol. The van der Waals surface area contributed by atoms with Gasteiger partial charge in [0.05, 0.1) is 5.52 Å². The van der Waals surface area contributed by atoms with Crippen LogP contribution in [0.3, 0.4) is 0 Å². The number of benzene rings is 3. The van der Waals surface area contributed by atoms with Gasteiger partial charge in [-0.2, -0.15) is 5.10 Å². The molecule has 0 bridgehead atoms. The molecule has 0 saturated heterocycles. The first-order valence-corrected chi connectivity index (χ1v) is 8.32. The van der Waals surface area contributed by atoms with Crippen LogP contribution in [0.2, 0.25) is 5.02 Å². The van der Waals surface area contributed by atoms with Crippen molar-refractivity contribution in [2.75, 3.05) is 5.32 Å². The van der Waals surface area contributed by atoms with E-state index in [9.17, 15) is 9.90 Å². The van der Waals surface area contributed by atoms with Crippen LogP contribution in [-0.2, 0) is 0 Å². The highest BCUT2D eigenvalue weighted by Crippen LogP contribution is 2.28. The molecule has 1 amide bonds. The Morgan fingerprint density at radius 3 is 2.38 bits per heavy atom. The van der Waals surface area contributed by atoms with E-state index in [0.29, 0.717) is 16.4 Å². The second kappa shape index (κ2) is 6.54. The predicted molar refractivity (Wildman–Crippen MR) is 103 cm³/mol. The summed E-state index contributed by atoms with van der Waals surface area (Å²) >= 11 is 5.85. The molecule has 26 heavy (non-hydrogen) atoms. The molecule has 5 nitrogen and oxygen atoms in total. The minimum atomic E-state index is -0.252. The van der Waals surface area contributed by atoms with Crippen molar-refractivity contribution in [2.24, 2.45) is 0 Å². The zero-order chi connectivity index (χ0) is 18.1. The van der Waals surface area contributed by atoms with Crippen molar-refractivity contribution in [3.05, 3.63) is 77.3 Å². The Kier molecular flexibility index (Phi) is 4.07. The van der Waals surface area contributed by atoms with Crippen LogP contribution in [0.1, 0.15) is 10.4 Å². The van der Waals surface area contributed by atoms with Crippen molar-refractivity contribution in [3.8, 4) is 16.9 Å². The van der Waals surface area contributed by atoms with Crippen molar-refractivity contribution in [1.29, 1.82) is 0 Å². The Morgan fingerprint density at radius 2 is 1.65 bits per heavy atom. The van der Waals surface area contributed by atoms with Gasteiger partial charge in [0.2, 0.25) is 0 Å². The number of carbonyl (C=O) groups excluding carboxylic acids is 1. The Bertz CT molecular complexity index is 1090. The number of phenols is 1.